The molecule has 0 saturated heterocycles. The van der Waals surface area contributed by atoms with Crippen LogP contribution in [-0.4, -0.2) is 0 Å². The number of rotatable bonds is 0. The topological polar surface area (TPSA) is 0 Å². The molecule has 0 atom stereocenters. The van der Waals surface area contributed by atoms with Gasteiger partial charge in [-0.25, -0.2) is 0 Å². The largest absolute Gasteiger partial charge is 1.00 e. The average Bonchev–Trinajstić information content (AvgIpc) is 0.918. The summed E-state index contributed by atoms with van der Waals surface area (Å²) in [6.07, 6.45) is 2.00. The Hall–Kier alpha value is 1.64. The molecule has 1 heteroatoms. The zero-order valence-electron chi connectivity index (χ0n) is 4.58. The molecule has 0 aromatic rings. The molecule has 0 aliphatic heterocycles. The van der Waals surface area contributed by atoms with Gasteiger partial charge in [0.2, 0.25) is 0 Å². The van der Waals surface area contributed by atoms with Crippen LogP contribution in [-0.2, 0) is 0 Å². The summed E-state index contributed by atoms with van der Waals surface area (Å²) >= 11 is 0. The van der Waals surface area contributed by atoms with Gasteiger partial charge in [0.1, 0.15) is 0 Å². The minimum Gasteiger partial charge on any atom is -0.358 e. The smallest absolute Gasteiger partial charge is 0.358 e. The fourth-order valence-electron chi connectivity index (χ4n) is 0. The van der Waals surface area contributed by atoms with E-state index in [0.717, 1.165) is 0 Å². The Morgan fingerprint density at radius 1 is 1.20 bits per heavy atom. The van der Waals surface area contributed by atoms with Gasteiger partial charge in [0.05, 0.1) is 0 Å². The van der Waals surface area contributed by atoms with Gasteiger partial charge in [0.15, 0.2) is 0 Å². The third-order valence-electron chi connectivity index (χ3n) is 0. The predicted molar refractivity (Wildman–Crippen MR) is 22.1 cm³/mol. The van der Waals surface area contributed by atoms with Crippen molar-refractivity contribution >= 4 is 0 Å². The Labute approximate surface area is 77.8 Å². The Balaban J connectivity index is -0.0000000200. The Morgan fingerprint density at radius 2 is 1.20 bits per heavy atom. The van der Waals surface area contributed by atoms with Crippen LogP contribution in [0.15, 0.2) is 0 Å². The molecule has 0 unspecified atom stereocenters. The third-order valence-corrected chi connectivity index (χ3v) is 0. The van der Waals surface area contributed by atoms with Gasteiger partial charge in [0, 0.05) is 0 Å². The van der Waals surface area contributed by atoms with Crippen LogP contribution < -0.4 is 51.4 Å². The van der Waals surface area contributed by atoms with E-state index < -0.39 is 0 Å². The first-order valence-electron chi connectivity index (χ1n) is 1.15. The zero-order chi connectivity index (χ0) is 2.71. The maximum atomic E-state index is 2.00. The second-order valence-corrected chi connectivity index (χ2v) is 0.577. The van der Waals surface area contributed by atoms with Crippen LogP contribution in [0.25, 0.3) is 0 Å². The van der Waals surface area contributed by atoms with E-state index in [4.69, 9.17) is 0 Å². The molecule has 0 fully saturated rings. The predicted octanol–water partition coefficient (Wildman–Crippen LogP) is -1.32. The molecule has 0 saturated carbocycles. The summed E-state index contributed by atoms with van der Waals surface area (Å²) in [5.41, 5.74) is 0. The van der Waals surface area contributed by atoms with Crippen molar-refractivity contribution in [2.75, 3.05) is 0 Å². The van der Waals surface area contributed by atoms with E-state index in [1.165, 1.54) is 0 Å². The van der Waals surface area contributed by atoms with Gasteiger partial charge in [0.25, 0.3) is 0 Å². The number of hydrogen-bond donors (Lipinski definition) is 0. The van der Waals surface area contributed by atoms with Crippen LogP contribution in [0.4, 0.5) is 0 Å². The van der Waals surface area contributed by atoms with E-state index in [1.54, 1.807) is 0 Å². The maximum Gasteiger partial charge on any atom is 1.00 e. The van der Waals surface area contributed by atoms with Gasteiger partial charge in [-0.05, 0) is 0 Å². The second kappa shape index (κ2) is 17.4. The molecule has 0 spiro atoms. The van der Waals surface area contributed by atoms with Crippen LogP contribution in [0.5, 0.6) is 0 Å². The van der Waals surface area contributed by atoms with E-state index >= 15 is 0 Å². The minimum absolute atomic E-state index is 0. The molecule has 0 aliphatic rings. The zero-order valence-corrected chi connectivity index (χ0v) is 7.70. The molecular formula is C4H10K-. The van der Waals surface area contributed by atoms with E-state index in [1.807, 2.05) is 20.3 Å². The molecular weight excluding hydrogens is 87.1 g/mol. The van der Waals surface area contributed by atoms with Crippen molar-refractivity contribution in [3.05, 3.63) is 13.8 Å². The van der Waals surface area contributed by atoms with Gasteiger partial charge < -0.3 is 13.8 Å². The Bertz CT molecular complexity index is 3.61. The summed E-state index contributed by atoms with van der Waals surface area (Å²) in [4.78, 5) is 0. The summed E-state index contributed by atoms with van der Waals surface area (Å²) in [6, 6.07) is 0. The third kappa shape index (κ3) is 27.8. The molecule has 0 bridgehead atoms. The van der Waals surface area contributed by atoms with Gasteiger partial charge >= 0.3 is 51.4 Å². The van der Waals surface area contributed by atoms with Crippen LogP contribution in [0, 0.1) is 13.8 Å². The van der Waals surface area contributed by atoms with Gasteiger partial charge in [-0.2, -0.15) is 13.8 Å². The first-order valence-corrected chi connectivity index (χ1v) is 1.15. The Kier molecular flexibility index (Phi) is 55.6. The van der Waals surface area contributed by atoms with Crippen molar-refractivity contribution in [1.82, 2.24) is 0 Å². The van der Waals surface area contributed by atoms with Crippen LogP contribution in [0.1, 0.15) is 13.8 Å². The normalized spacial score (nSPS) is 3.60. The van der Waals surface area contributed by atoms with Crippen molar-refractivity contribution < 1.29 is 51.4 Å². The molecule has 0 radical (unpaired) electrons. The SMILES string of the molecule is C[CH-]C.[CH3-].[K+]. The first kappa shape index (κ1) is 15.9. The molecule has 0 aliphatic carbocycles. The summed E-state index contributed by atoms with van der Waals surface area (Å²) in [5.74, 6) is 0. The molecule has 0 aromatic heterocycles. The van der Waals surface area contributed by atoms with Crippen molar-refractivity contribution in [2.24, 2.45) is 0 Å². The minimum atomic E-state index is 0. The Morgan fingerprint density at radius 3 is 1.20 bits per heavy atom. The monoisotopic (exact) mass is 97.0 g/mol. The quantitative estimate of drug-likeness (QED) is 0.260. The van der Waals surface area contributed by atoms with Crippen LogP contribution in [0.2, 0.25) is 0 Å². The van der Waals surface area contributed by atoms with Gasteiger partial charge in [-0.1, -0.05) is 0 Å². The molecule has 0 nitrogen and oxygen atoms in total. The fraction of sp³-hybridized carbons (Fsp3) is 0.500. The van der Waals surface area contributed by atoms with E-state index in [-0.39, 0.29) is 58.8 Å². The van der Waals surface area contributed by atoms with Gasteiger partial charge in [-0.3, -0.25) is 0 Å². The molecule has 5 heavy (non-hydrogen) atoms. The second-order valence-electron chi connectivity index (χ2n) is 0.577. The van der Waals surface area contributed by atoms with E-state index in [2.05, 4.69) is 0 Å². The van der Waals surface area contributed by atoms with Crippen molar-refractivity contribution in [2.45, 2.75) is 13.8 Å². The van der Waals surface area contributed by atoms with Crippen molar-refractivity contribution in [1.29, 1.82) is 0 Å². The summed E-state index contributed by atoms with van der Waals surface area (Å²) < 4.78 is 0. The summed E-state index contributed by atoms with van der Waals surface area (Å²) in [7, 11) is 0. The maximum absolute atomic E-state index is 2.00. The molecule has 0 amide bonds. The molecule has 0 rings (SSSR count). The molecule has 28 valence electrons. The molecule has 0 heterocycles. The number of hydrogen-bond acceptors (Lipinski definition) is 0. The summed E-state index contributed by atoms with van der Waals surface area (Å²) in [6.45, 7) is 4.00. The van der Waals surface area contributed by atoms with E-state index in [9.17, 15) is 0 Å². The van der Waals surface area contributed by atoms with Crippen molar-refractivity contribution in [3.63, 3.8) is 0 Å². The molecule has 0 N–H and O–H groups in total. The first-order chi connectivity index (χ1) is 1.41. The van der Waals surface area contributed by atoms with E-state index in [0.29, 0.717) is 0 Å². The fourth-order valence-corrected chi connectivity index (χ4v) is 0. The van der Waals surface area contributed by atoms with Gasteiger partial charge in [-0.15, -0.1) is 0 Å². The summed E-state index contributed by atoms with van der Waals surface area (Å²) in [5, 5.41) is 0. The van der Waals surface area contributed by atoms with Crippen molar-refractivity contribution in [3.8, 4) is 0 Å². The van der Waals surface area contributed by atoms with Crippen LogP contribution >= 0.6 is 0 Å². The standard InChI is InChI=1S/C3H7.CH3.K/c1-3-2;;/h3H,1-2H3;1H3;/q2*-1;+1. The average molecular weight is 97.2 g/mol. The van der Waals surface area contributed by atoms with Crippen LogP contribution in [0.3, 0.4) is 0 Å². The molecule has 0 aromatic carbocycles.